The predicted octanol–water partition coefficient (Wildman–Crippen LogP) is 5.20. The van der Waals surface area contributed by atoms with E-state index >= 15 is 0 Å². The first-order chi connectivity index (χ1) is 14.9. The molecule has 0 bridgehead atoms. The zero-order valence-corrected chi connectivity index (χ0v) is 18.7. The summed E-state index contributed by atoms with van der Waals surface area (Å²) >= 11 is 3.47. The molecule has 0 saturated carbocycles. The van der Waals surface area contributed by atoms with Crippen LogP contribution < -0.4 is 10.2 Å². The maximum Gasteiger partial charge on any atom is 0.335 e. The third-order valence-corrected chi connectivity index (χ3v) is 6.15. The van der Waals surface area contributed by atoms with Gasteiger partial charge in [0.05, 0.1) is 22.9 Å². The van der Waals surface area contributed by atoms with Gasteiger partial charge in [0, 0.05) is 17.6 Å². The van der Waals surface area contributed by atoms with E-state index in [1.165, 1.54) is 11.1 Å². The van der Waals surface area contributed by atoms with Crippen molar-refractivity contribution in [2.24, 2.45) is 0 Å². The molecule has 0 aromatic heterocycles. The normalized spacial score (nSPS) is 13.5. The zero-order valence-electron chi connectivity index (χ0n) is 17.1. The number of para-hydroxylation sites is 1. The van der Waals surface area contributed by atoms with E-state index in [4.69, 9.17) is 5.11 Å². The van der Waals surface area contributed by atoms with E-state index in [9.17, 15) is 9.59 Å². The predicted molar refractivity (Wildman–Crippen MR) is 125 cm³/mol. The lowest BCUT2D eigenvalue weighted by atomic mass is 10.0. The molecule has 3 aromatic rings. The van der Waals surface area contributed by atoms with E-state index in [1.54, 1.807) is 24.3 Å². The van der Waals surface area contributed by atoms with Gasteiger partial charge in [-0.3, -0.25) is 4.79 Å². The molecule has 1 amide bonds. The summed E-state index contributed by atoms with van der Waals surface area (Å²) in [4.78, 5) is 26.5. The molecule has 31 heavy (non-hydrogen) atoms. The molecule has 1 heterocycles. The molecule has 4 rings (SSSR count). The molecule has 6 heteroatoms. The van der Waals surface area contributed by atoms with E-state index in [-0.39, 0.29) is 17.5 Å². The van der Waals surface area contributed by atoms with Gasteiger partial charge in [0.25, 0.3) is 5.91 Å². The number of carbonyl (C=O) groups is 2. The smallest absolute Gasteiger partial charge is 0.335 e. The molecule has 158 valence electrons. The summed E-state index contributed by atoms with van der Waals surface area (Å²) in [6.07, 6.45) is 0.916. The third-order valence-electron chi connectivity index (χ3n) is 5.62. The Morgan fingerprint density at radius 3 is 2.45 bits per heavy atom. The fourth-order valence-corrected chi connectivity index (χ4v) is 4.22. The van der Waals surface area contributed by atoms with Crippen LogP contribution in [0.5, 0.6) is 0 Å². The Kier molecular flexibility index (Phi) is 6.09. The van der Waals surface area contributed by atoms with Crippen molar-refractivity contribution in [3.8, 4) is 0 Å². The molecule has 0 fully saturated rings. The number of benzene rings is 3. The number of aromatic carboxylic acids is 1. The minimum Gasteiger partial charge on any atom is -0.478 e. The summed E-state index contributed by atoms with van der Waals surface area (Å²) in [5.41, 5.74) is 5.13. The number of amides is 1. The summed E-state index contributed by atoms with van der Waals surface area (Å²) in [6, 6.07) is 20.5. The van der Waals surface area contributed by atoms with Crippen molar-refractivity contribution < 1.29 is 14.7 Å². The molecular weight excluding hydrogens is 456 g/mol. The Bertz CT molecular complexity index is 1110. The standard InChI is InChI=1S/C25H23BrN2O3/c1-16(18-7-9-20(10-8-18)25(30)31)27-24(29)22-4-2-3-19-13-14-28(23(19)22)15-17-5-11-21(26)12-6-17/h2-12,16H,13-15H2,1H3,(H,27,29)(H,30,31). The van der Waals surface area contributed by atoms with Crippen LogP contribution in [0, 0.1) is 0 Å². The zero-order chi connectivity index (χ0) is 22.0. The number of anilines is 1. The van der Waals surface area contributed by atoms with Gasteiger partial charge in [0.15, 0.2) is 0 Å². The number of fused-ring (bicyclic) bond motifs is 1. The van der Waals surface area contributed by atoms with Gasteiger partial charge < -0.3 is 15.3 Å². The number of rotatable bonds is 6. The van der Waals surface area contributed by atoms with E-state index in [1.807, 2.05) is 31.2 Å². The van der Waals surface area contributed by atoms with Crippen molar-refractivity contribution in [3.63, 3.8) is 0 Å². The average molecular weight is 479 g/mol. The number of carboxylic acids is 1. The number of carbonyl (C=O) groups excluding carboxylic acids is 1. The van der Waals surface area contributed by atoms with Crippen LogP contribution in [0.4, 0.5) is 5.69 Å². The lowest BCUT2D eigenvalue weighted by Gasteiger charge is -2.23. The molecule has 3 aromatic carbocycles. The summed E-state index contributed by atoms with van der Waals surface area (Å²) in [6.45, 7) is 3.52. The highest BCUT2D eigenvalue weighted by molar-refractivity contribution is 9.10. The van der Waals surface area contributed by atoms with Gasteiger partial charge in [-0.05, 0) is 60.4 Å². The van der Waals surface area contributed by atoms with E-state index in [0.717, 1.165) is 35.2 Å². The second-order valence-corrected chi connectivity index (χ2v) is 8.65. The van der Waals surface area contributed by atoms with Gasteiger partial charge in [-0.2, -0.15) is 0 Å². The summed E-state index contributed by atoms with van der Waals surface area (Å²) in [7, 11) is 0. The molecule has 5 nitrogen and oxygen atoms in total. The van der Waals surface area contributed by atoms with Crippen molar-refractivity contribution in [1.82, 2.24) is 5.32 Å². The number of nitrogens with zero attached hydrogens (tertiary/aromatic N) is 1. The van der Waals surface area contributed by atoms with Crippen LogP contribution in [-0.2, 0) is 13.0 Å². The molecule has 0 spiro atoms. The number of hydrogen-bond donors (Lipinski definition) is 2. The fourth-order valence-electron chi connectivity index (χ4n) is 3.96. The van der Waals surface area contributed by atoms with Gasteiger partial charge in [-0.25, -0.2) is 4.79 Å². The topological polar surface area (TPSA) is 69.6 Å². The molecular formula is C25H23BrN2O3. The summed E-state index contributed by atoms with van der Waals surface area (Å²) < 4.78 is 1.04. The number of carboxylic acid groups (broad SMARTS) is 1. The van der Waals surface area contributed by atoms with Gasteiger partial charge in [0.1, 0.15) is 0 Å². The molecule has 1 aliphatic heterocycles. The average Bonchev–Trinajstić information content (AvgIpc) is 3.18. The minimum atomic E-state index is -0.964. The van der Waals surface area contributed by atoms with Gasteiger partial charge in [0.2, 0.25) is 0 Å². The Morgan fingerprint density at radius 2 is 1.77 bits per heavy atom. The maximum absolute atomic E-state index is 13.2. The number of hydrogen-bond acceptors (Lipinski definition) is 3. The van der Waals surface area contributed by atoms with Crippen LogP contribution in [0.1, 0.15) is 50.4 Å². The second kappa shape index (κ2) is 8.94. The Morgan fingerprint density at radius 1 is 1.06 bits per heavy atom. The van der Waals surface area contributed by atoms with Crippen molar-refractivity contribution in [3.05, 3.63) is 99.0 Å². The van der Waals surface area contributed by atoms with Gasteiger partial charge in [-0.15, -0.1) is 0 Å². The monoisotopic (exact) mass is 478 g/mol. The number of nitrogens with one attached hydrogen (secondary N) is 1. The highest BCUT2D eigenvalue weighted by Gasteiger charge is 2.26. The molecule has 1 aliphatic rings. The van der Waals surface area contributed by atoms with E-state index in [0.29, 0.717) is 5.56 Å². The lowest BCUT2D eigenvalue weighted by molar-refractivity contribution is 0.0696. The first-order valence-corrected chi connectivity index (χ1v) is 11.0. The molecule has 0 radical (unpaired) electrons. The van der Waals surface area contributed by atoms with Crippen LogP contribution in [0.25, 0.3) is 0 Å². The largest absolute Gasteiger partial charge is 0.478 e. The first kappa shape index (κ1) is 21.1. The van der Waals surface area contributed by atoms with Crippen molar-refractivity contribution in [1.29, 1.82) is 0 Å². The van der Waals surface area contributed by atoms with Crippen molar-refractivity contribution in [2.45, 2.75) is 25.9 Å². The van der Waals surface area contributed by atoms with E-state index in [2.05, 4.69) is 44.3 Å². The molecule has 0 aliphatic carbocycles. The fraction of sp³-hybridized carbons (Fsp3) is 0.200. The maximum atomic E-state index is 13.2. The Hall–Kier alpha value is -3.12. The van der Waals surface area contributed by atoms with Crippen LogP contribution in [0.2, 0.25) is 0 Å². The van der Waals surface area contributed by atoms with Crippen molar-refractivity contribution >= 4 is 33.5 Å². The van der Waals surface area contributed by atoms with Crippen LogP contribution in [-0.4, -0.2) is 23.5 Å². The highest BCUT2D eigenvalue weighted by atomic mass is 79.9. The summed E-state index contributed by atoms with van der Waals surface area (Å²) in [5, 5.41) is 12.1. The quantitative estimate of drug-likeness (QED) is 0.510. The highest BCUT2D eigenvalue weighted by Crippen LogP contribution is 2.33. The summed E-state index contributed by atoms with van der Waals surface area (Å²) in [5.74, 6) is -1.09. The molecule has 1 unspecified atom stereocenters. The first-order valence-electron chi connectivity index (χ1n) is 10.2. The van der Waals surface area contributed by atoms with Gasteiger partial charge in [-0.1, -0.05) is 52.3 Å². The molecule has 2 N–H and O–H groups in total. The Labute approximate surface area is 189 Å². The lowest BCUT2D eigenvalue weighted by Crippen LogP contribution is -2.29. The van der Waals surface area contributed by atoms with Crippen LogP contribution >= 0.6 is 15.9 Å². The van der Waals surface area contributed by atoms with Crippen molar-refractivity contribution in [2.75, 3.05) is 11.4 Å². The van der Waals surface area contributed by atoms with Gasteiger partial charge >= 0.3 is 5.97 Å². The third kappa shape index (κ3) is 4.64. The van der Waals surface area contributed by atoms with Crippen LogP contribution in [0.15, 0.2) is 71.2 Å². The molecule has 0 saturated heterocycles. The minimum absolute atomic E-state index is 0.130. The molecule has 1 atom stereocenters. The Balaban J connectivity index is 1.53. The second-order valence-electron chi connectivity index (χ2n) is 7.73. The van der Waals surface area contributed by atoms with E-state index < -0.39 is 5.97 Å². The number of halogens is 1. The SMILES string of the molecule is CC(NC(=O)c1cccc2c1N(Cc1ccc(Br)cc1)CC2)c1ccc(C(=O)O)cc1. The van der Waals surface area contributed by atoms with Crippen LogP contribution in [0.3, 0.4) is 0 Å².